The summed E-state index contributed by atoms with van der Waals surface area (Å²) in [7, 11) is 0. The fourth-order valence-electron chi connectivity index (χ4n) is 2.17. The van der Waals surface area contributed by atoms with Gasteiger partial charge in [-0.05, 0) is 36.8 Å². The van der Waals surface area contributed by atoms with Crippen LogP contribution in [0.1, 0.15) is 45.8 Å². The number of hydrogen-bond acceptors (Lipinski definition) is 3. The van der Waals surface area contributed by atoms with E-state index in [0.717, 1.165) is 31.3 Å². The van der Waals surface area contributed by atoms with Crippen LogP contribution in [-0.2, 0) is 6.54 Å². The van der Waals surface area contributed by atoms with Crippen molar-refractivity contribution < 1.29 is 4.42 Å². The minimum absolute atomic E-state index is 0.194. The third-order valence-corrected chi connectivity index (χ3v) is 3.84. The van der Waals surface area contributed by atoms with Crippen LogP contribution in [0.4, 0.5) is 0 Å². The maximum atomic E-state index is 6.24. The second-order valence-electron chi connectivity index (χ2n) is 6.54. The highest BCUT2D eigenvalue weighted by Gasteiger charge is 2.30. The van der Waals surface area contributed by atoms with Gasteiger partial charge < -0.3 is 10.2 Å². The number of furan rings is 1. The maximum absolute atomic E-state index is 6.24. The normalized spacial score (nSPS) is 18.3. The van der Waals surface area contributed by atoms with Gasteiger partial charge >= 0.3 is 0 Å². The highest BCUT2D eigenvalue weighted by Crippen LogP contribution is 2.29. The summed E-state index contributed by atoms with van der Waals surface area (Å²) in [4.78, 5) is 2.52. The van der Waals surface area contributed by atoms with E-state index < -0.39 is 0 Å². The van der Waals surface area contributed by atoms with Gasteiger partial charge in [-0.3, -0.25) is 4.90 Å². The predicted molar refractivity (Wildman–Crippen MR) is 74.2 cm³/mol. The molecular formula is C15H26N2O. The number of hydrogen-bond donors (Lipinski definition) is 1. The highest BCUT2D eigenvalue weighted by atomic mass is 16.3. The van der Waals surface area contributed by atoms with Gasteiger partial charge in [0.2, 0.25) is 0 Å². The number of nitrogens with two attached hydrogens (primary N) is 1. The Labute approximate surface area is 110 Å². The van der Waals surface area contributed by atoms with Gasteiger partial charge in [-0.25, -0.2) is 0 Å². The Morgan fingerprint density at radius 1 is 1.44 bits per heavy atom. The van der Waals surface area contributed by atoms with Crippen molar-refractivity contribution in [2.45, 2.75) is 58.7 Å². The first-order valence-corrected chi connectivity index (χ1v) is 6.99. The summed E-state index contributed by atoms with van der Waals surface area (Å²) in [6.07, 6.45) is 5.46. The van der Waals surface area contributed by atoms with Crippen LogP contribution >= 0.6 is 0 Å². The molecule has 2 N–H and O–H groups in total. The van der Waals surface area contributed by atoms with E-state index in [2.05, 4.69) is 31.7 Å². The molecule has 1 unspecified atom stereocenters. The van der Waals surface area contributed by atoms with E-state index in [0.29, 0.717) is 0 Å². The van der Waals surface area contributed by atoms with Crippen molar-refractivity contribution in [2.24, 2.45) is 11.1 Å². The van der Waals surface area contributed by atoms with Gasteiger partial charge in [0.05, 0.1) is 12.8 Å². The van der Waals surface area contributed by atoms with Crippen molar-refractivity contribution in [3.8, 4) is 0 Å². The molecular weight excluding hydrogens is 224 g/mol. The van der Waals surface area contributed by atoms with Gasteiger partial charge in [-0.15, -0.1) is 0 Å². The van der Waals surface area contributed by atoms with Gasteiger partial charge in [0.1, 0.15) is 5.76 Å². The molecule has 0 aliphatic heterocycles. The average Bonchev–Trinajstić information content (AvgIpc) is 3.01. The van der Waals surface area contributed by atoms with Crippen LogP contribution in [0.2, 0.25) is 0 Å². The van der Waals surface area contributed by atoms with Crippen molar-refractivity contribution in [3.05, 3.63) is 24.2 Å². The van der Waals surface area contributed by atoms with E-state index in [-0.39, 0.29) is 11.5 Å². The molecule has 0 spiro atoms. The quantitative estimate of drug-likeness (QED) is 0.844. The van der Waals surface area contributed by atoms with Crippen LogP contribution in [0.15, 0.2) is 22.8 Å². The molecule has 3 heteroatoms. The molecule has 3 nitrogen and oxygen atoms in total. The molecule has 0 aromatic carbocycles. The zero-order chi connectivity index (χ0) is 13.2. The van der Waals surface area contributed by atoms with Gasteiger partial charge in [0, 0.05) is 18.6 Å². The zero-order valence-electron chi connectivity index (χ0n) is 11.9. The lowest BCUT2D eigenvalue weighted by atomic mass is 9.85. The molecule has 1 atom stereocenters. The molecule has 0 bridgehead atoms. The lowest BCUT2D eigenvalue weighted by molar-refractivity contribution is 0.202. The average molecular weight is 250 g/mol. The zero-order valence-corrected chi connectivity index (χ0v) is 11.9. The second-order valence-corrected chi connectivity index (χ2v) is 6.54. The molecule has 102 valence electrons. The first-order chi connectivity index (χ1) is 8.47. The lowest BCUT2D eigenvalue weighted by Crippen LogP contribution is -2.39. The Hall–Kier alpha value is -0.800. The molecule has 1 aromatic rings. The molecule has 18 heavy (non-hydrogen) atoms. The molecule has 0 radical (unpaired) electrons. The smallest absolute Gasteiger partial charge is 0.117 e. The molecule has 2 rings (SSSR count). The Kier molecular flexibility index (Phi) is 4.13. The number of nitrogens with zero attached hydrogens (tertiary/aromatic N) is 1. The van der Waals surface area contributed by atoms with E-state index in [1.807, 2.05) is 6.07 Å². The van der Waals surface area contributed by atoms with Crippen LogP contribution in [0.25, 0.3) is 0 Å². The monoisotopic (exact) mass is 250 g/mol. The molecule has 0 amide bonds. The van der Waals surface area contributed by atoms with Gasteiger partial charge in [-0.2, -0.15) is 0 Å². The minimum Gasteiger partial charge on any atom is -0.468 e. The summed E-state index contributed by atoms with van der Waals surface area (Å²) in [5, 5.41) is 0. The molecule has 1 aliphatic carbocycles. The predicted octanol–water partition coefficient (Wildman–Crippen LogP) is 3.01. The van der Waals surface area contributed by atoms with Crippen LogP contribution in [0.3, 0.4) is 0 Å². The summed E-state index contributed by atoms with van der Waals surface area (Å²) in [6, 6.07) is 5.03. The van der Waals surface area contributed by atoms with Crippen molar-refractivity contribution >= 4 is 0 Å². The lowest BCUT2D eigenvalue weighted by Gasteiger charge is -2.30. The van der Waals surface area contributed by atoms with Gasteiger partial charge in [0.15, 0.2) is 0 Å². The van der Waals surface area contributed by atoms with Crippen molar-refractivity contribution in [2.75, 3.05) is 6.54 Å². The molecule has 1 heterocycles. The summed E-state index contributed by atoms with van der Waals surface area (Å²) in [5.74, 6) is 1.06. The highest BCUT2D eigenvalue weighted by molar-refractivity contribution is 5.00. The summed E-state index contributed by atoms with van der Waals surface area (Å²) < 4.78 is 5.44. The molecule has 1 fully saturated rings. The molecule has 0 saturated heterocycles. The van der Waals surface area contributed by atoms with E-state index >= 15 is 0 Å². The standard InChI is InChI=1S/C15H26N2O/c1-15(2,3)14(16)8-9-17(12-6-7-12)11-13-5-4-10-18-13/h4-5,10,12,14H,6-9,11,16H2,1-3H3. The Bertz CT molecular complexity index is 349. The largest absolute Gasteiger partial charge is 0.468 e. The van der Waals surface area contributed by atoms with E-state index in [9.17, 15) is 0 Å². The van der Waals surface area contributed by atoms with Gasteiger partial charge in [-0.1, -0.05) is 20.8 Å². The Balaban J connectivity index is 1.84. The van der Waals surface area contributed by atoms with Crippen molar-refractivity contribution in [3.63, 3.8) is 0 Å². The van der Waals surface area contributed by atoms with E-state index in [1.165, 1.54) is 12.8 Å². The fourth-order valence-corrected chi connectivity index (χ4v) is 2.17. The third-order valence-electron chi connectivity index (χ3n) is 3.84. The Morgan fingerprint density at radius 3 is 2.67 bits per heavy atom. The fraction of sp³-hybridized carbons (Fsp3) is 0.733. The summed E-state index contributed by atoms with van der Waals surface area (Å²) >= 11 is 0. The van der Waals surface area contributed by atoms with Crippen LogP contribution in [-0.4, -0.2) is 23.5 Å². The van der Waals surface area contributed by atoms with Crippen molar-refractivity contribution in [1.29, 1.82) is 0 Å². The van der Waals surface area contributed by atoms with Crippen LogP contribution < -0.4 is 5.73 Å². The third kappa shape index (κ3) is 3.85. The molecule has 1 saturated carbocycles. The second kappa shape index (κ2) is 5.45. The molecule has 1 aromatic heterocycles. The van der Waals surface area contributed by atoms with E-state index in [4.69, 9.17) is 10.2 Å². The van der Waals surface area contributed by atoms with E-state index in [1.54, 1.807) is 6.26 Å². The topological polar surface area (TPSA) is 42.4 Å². The Morgan fingerprint density at radius 2 is 2.17 bits per heavy atom. The summed E-state index contributed by atoms with van der Waals surface area (Å²) in [5.41, 5.74) is 6.44. The number of rotatable bonds is 6. The summed E-state index contributed by atoms with van der Waals surface area (Å²) in [6.45, 7) is 8.64. The van der Waals surface area contributed by atoms with Crippen LogP contribution in [0, 0.1) is 5.41 Å². The first kappa shape index (κ1) is 13.6. The maximum Gasteiger partial charge on any atom is 0.117 e. The SMILES string of the molecule is CC(C)(C)C(N)CCN(Cc1ccco1)C1CC1. The van der Waals surface area contributed by atoms with Crippen molar-refractivity contribution in [1.82, 2.24) is 4.90 Å². The van der Waals surface area contributed by atoms with Crippen LogP contribution in [0.5, 0.6) is 0 Å². The molecule has 1 aliphatic rings. The first-order valence-electron chi connectivity index (χ1n) is 6.99. The minimum atomic E-state index is 0.194. The van der Waals surface area contributed by atoms with Gasteiger partial charge in [0.25, 0.3) is 0 Å².